The predicted octanol–water partition coefficient (Wildman–Crippen LogP) is 3.46. The first-order valence-electron chi connectivity index (χ1n) is 5.84. The van der Waals surface area contributed by atoms with Crippen LogP contribution in [0.15, 0.2) is 30.6 Å². The number of nitrogens with zero attached hydrogens (tertiary/aromatic N) is 2. The number of aromatic nitrogens is 1. The molecule has 2 heteroatoms. The van der Waals surface area contributed by atoms with Crippen LogP contribution in [0.5, 0.6) is 0 Å². The summed E-state index contributed by atoms with van der Waals surface area (Å²) in [5, 5.41) is 0. The molecule has 88 valence electrons. The maximum absolute atomic E-state index is 3.78. The molecule has 0 aromatic carbocycles. The maximum atomic E-state index is 3.78. The van der Waals surface area contributed by atoms with Crippen LogP contribution in [0.2, 0.25) is 0 Å². The minimum absolute atomic E-state index is 1.17. The summed E-state index contributed by atoms with van der Waals surface area (Å²) >= 11 is 0. The van der Waals surface area contributed by atoms with E-state index >= 15 is 0 Å². The fraction of sp³-hybridized carbons (Fsp3) is 0.615. The van der Waals surface area contributed by atoms with Gasteiger partial charge < -0.3 is 4.90 Å². The topological polar surface area (TPSA) is 16.1 Å². The van der Waals surface area contributed by atoms with Gasteiger partial charge in [0.15, 0.2) is 0 Å². The normalized spacial score (nSPS) is 8.40. The molecule has 0 unspecified atom stereocenters. The average Bonchev–Trinajstić information content (AvgIpc) is 2.35. The quantitative estimate of drug-likeness (QED) is 0.759. The Morgan fingerprint density at radius 1 is 1.00 bits per heavy atom. The van der Waals surface area contributed by atoms with E-state index < -0.39 is 0 Å². The SMILES string of the molecule is CC.CCCN(C)CC.c1ccncc1. The molecule has 0 N–H and O–H groups in total. The van der Waals surface area contributed by atoms with Crippen LogP contribution in [0.4, 0.5) is 0 Å². The van der Waals surface area contributed by atoms with Gasteiger partial charge in [-0.1, -0.05) is 33.8 Å². The largest absolute Gasteiger partial charge is 0.307 e. The Hall–Kier alpha value is -0.890. The van der Waals surface area contributed by atoms with Crippen molar-refractivity contribution in [2.45, 2.75) is 34.1 Å². The molecule has 15 heavy (non-hydrogen) atoms. The summed E-state index contributed by atoms with van der Waals surface area (Å²) < 4.78 is 0. The van der Waals surface area contributed by atoms with Crippen LogP contribution in [0, 0.1) is 0 Å². The predicted molar refractivity (Wildman–Crippen MR) is 69.0 cm³/mol. The fourth-order valence-corrected chi connectivity index (χ4v) is 0.852. The highest BCUT2D eigenvalue weighted by molar-refractivity contribution is 4.88. The molecule has 1 aromatic heterocycles. The zero-order valence-electron chi connectivity index (χ0n) is 10.9. The number of rotatable bonds is 3. The zero-order chi connectivity index (χ0) is 11.9. The minimum atomic E-state index is 1.17. The summed E-state index contributed by atoms with van der Waals surface area (Å²) in [6.07, 6.45) is 4.77. The van der Waals surface area contributed by atoms with E-state index in [-0.39, 0.29) is 0 Å². The first kappa shape index (κ1) is 16.5. The maximum Gasteiger partial charge on any atom is 0.0267 e. The van der Waals surface area contributed by atoms with Gasteiger partial charge in [-0.15, -0.1) is 0 Å². The van der Waals surface area contributed by atoms with Gasteiger partial charge in [0, 0.05) is 12.4 Å². The highest BCUT2D eigenvalue weighted by Gasteiger charge is 1.86. The van der Waals surface area contributed by atoms with Crippen molar-refractivity contribution in [3.8, 4) is 0 Å². The summed E-state index contributed by atoms with van der Waals surface area (Å²) in [6.45, 7) is 10.8. The second-order valence-electron chi connectivity index (χ2n) is 2.92. The van der Waals surface area contributed by atoms with Crippen molar-refractivity contribution in [1.29, 1.82) is 0 Å². The zero-order valence-corrected chi connectivity index (χ0v) is 10.9. The Balaban J connectivity index is 0. The molecule has 1 heterocycles. The molecule has 1 rings (SSSR count). The van der Waals surface area contributed by atoms with Crippen LogP contribution >= 0.6 is 0 Å². The van der Waals surface area contributed by atoms with Gasteiger partial charge in [0.05, 0.1) is 0 Å². The number of hydrogen-bond acceptors (Lipinski definition) is 2. The summed E-state index contributed by atoms with van der Waals surface area (Å²) in [5.41, 5.74) is 0. The van der Waals surface area contributed by atoms with Gasteiger partial charge in [-0.3, -0.25) is 4.98 Å². The van der Waals surface area contributed by atoms with Gasteiger partial charge in [-0.25, -0.2) is 0 Å². The van der Waals surface area contributed by atoms with E-state index in [1.165, 1.54) is 19.5 Å². The summed E-state index contributed by atoms with van der Waals surface area (Å²) in [4.78, 5) is 6.09. The highest BCUT2D eigenvalue weighted by atomic mass is 15.1. The fourth-order valence-electron chi connectivity index (χ4n) is 0.852. The first-order valence-corrected chi connectivity index (χ1v) is 5.84. The summed E-state index contributed by atoms with van der Waals surface area (Å²) in [7, 11) is 2.14. The van der Waals surface area contributed by atoms with Crippen LogP contribution < -0.4 is 0 Å². The van der Waals surface area contributed by atoms with E-state index in [4.69, 9.17) is 0 Å². The van der Waals surface area contributed by atoms with Gasteiger partial charge in [0.2, 0.25) is 0 Å². The molecule has 0 aliphatic heterocycles. The van der Waals surface area contributed by atoms with Gasteiger partial charge in [0.1, 0.15) is 0 Å². The molecule has 0 bridgehead atoms. The molecule has 0 radical (unpaired) electrons. The van der Waals surface area contributed by atoms with Crippen molar-refractivity contribution in [3.05, 3.63) is 30.6 Å². The van der Waals surface area contributed by atoms with Crippen molar-refractivity contribution in [2.24, 2.45) is 0 Å². The molecule has 0 spiro atoms. The average molecular weight is 210 g/mol. The van der Waals surface area contributed by atoms with Gasteiger partial charge >= 0.3 is 0 Å². The number of pyridine rings is 1. The molecule has 0 saturated carbocycles. The summed E-state index contributed by atoms with van der Waals surface area (Å²) in [5.74, 6) is 0. The summed E-state index contributed by atoms with van der Waals surface area (Å²) in [6, 6.07) is 5.72. The second-order valence-corrected chi connectivity index (χ2v) is 2.92. The molecular formula is C13H26N2. The molecule has 1 aromatic rings. The van der Waals surface area contributed by atoms with E-state index in [0.29, 0.717) is 0 Å². The molecule has 0 atom stereocenters. The lowest BCUT2D eigenvalue weighted by Gasteiger charge is -2.10. The van der Waals surface area contributed by atoms with E-state index in [1.807, 2.05) is 32.0 Å². The van der Waals surface area contributed by atoms with E-state index in [1.54, 1.807) is 12.4 Å². The van der Waals surface area contributed by atoms with Crippen molar-refractivity contribution in [3.63, 3.8) is 0 Å². The lowest BCUT2D eigenvalue weighted by Crippen LogP contribution is -2.17. The third-order valence-corrected chi connectivity index (χ3v) is 1.71. The molecule has 0 fully saturated rings. The molecule has 0 aliphatic carbocycles. The Morgan fingerprint density at radius 2 is 1.53 bits per heavy atom. The van der Waals surface area contributed by atoms with Crippen molar-refractivity contribution >= 4 is 0 Å². The molecule has 0 aliphatic rings. The van der Waals surface area contributed by atoms with Crippen LogP contribution in [-0.2, 0) is 0 Å². The van der Waals surface area contributed by atoms with Crippen LogP contribution in [-0.4, -0.2) is 30.0 Å². The van der Waals surface area contributed by atoms with Crippen LogP contribution in [0.25, 0.3) is 0 Å². The monoisotopic (exact) mass is 210 g/mol. The van der Waals surface area contributed by atoms with Crippen molar-refractivity contribution < 1.29 is 0 Å². The standard InChI is InChI=1S/C6H15N.C5H5N.C2H6/c1-4-6-7(3)5-2;1-2-4-6-5-3-1;1-2/h4-6H2,1-3H3;1-5H;1-2H3. The number of hydrogen-bond donors (Lipinski definition) is 0. The lowest BCUT2D eigenvalue weighted by molar-refractivity contribution is 0.353. The van der Waals surface area contributed by atoms with E-state index in [0.717, 1.165) is 0 Å². The molecule has 0 amide bonds. The smallest absolute Gasteiger partial charge is 0.0267 e. The van der Waals surface area contributed by atoms with Crippen LogP contribution in [0.3, 0.4) is 0 Å². The van der Waals surface area contributed by atoms with Gasteiger partial charge in [-0.05, 0) is 38.7 Å². The van der Waals surface area contributed by atoms with Crippen LogP contribution in [0.1, 0.15) is 34.1 Å². The van der Waals surface area contributed by atoms with Gasteiger partial charge in [-0.2, -0.15) is 0 Å². The Kier molecular flexibility index (Phi) is 17.2. The lowest BCUT2D eigenvalue weighted by atomic mass is 10.4. The Morgan fingerprint density at radius 3 is 1.67 bits per heavy atom. The molecule has 2 nitrogen and oxygen atoms in total. The first-order chi connectivity index (χ1) is 7.31. The molecule has 0 saturated heterocycles. The van der Waals surface area contributed by atoms with Gasteiger partial charge in [0.25, 0.3) is 0 Å². The minimum Gasteiger partial charge on any atom is -0.307 e. The third-order valence-electron chi connectivity index (χ3n) is 1.71. The highest BCUT2D eigenvalue weighted by Crippen LogP contribution is 1.82. The van der Waals surface area contributed by atoms with Crippen molar-refractivity contribution in [1.82, 2.24) is 9.88 Å². The third kappa shape index (κ3) is 15.8. The Bertz CT molecular complexity index is 148. The second kappa shape index (κ2) is 15.6. The van der Waals surface area contributed by atoms with Crippen molar-refractivity contribution in [2.75, 3.05) is 20.1 Å². The van der Waals surface area contributed by atoms with E-state index in [2.05, 4.69) is 30.8 Å². The molecular weight excluding hydrogens is 184 g/mol. The van der Waals surface area contributed by atoms with E-state index in [9.17, 15) is 0 Å². The Labute approximate surface area is 95.3 Å².